The molecule has 0 bridgehead atoms. The Hall–Kier alpha value is -3.31. The van der Waals surface area contributed by atoms with Crippen molar-refractivity contribution in [1.29, 1.82) is 0 Å². The summed E-state index contributed by atoms with van der Waals surface area (Å²) in [6.07, 6.45) is 2.09. The van der Waals surface area contributed by atoms with Crippen molar-refractivity contribution in [2.45, 2.75) is 13.3 Å². The number of esters is 1. The first-order chi connectivity index (χ1) is 15.1. The van der Waals surface area contributed by atoms with E-state index in [1.807, 2.05) is 0 Å². The van der Waals surface area contributed by atoms with Crippen LogP contribution in [0, 0.1) is 10.1 Å². The quantitative estimate of drug-likeness (QED) is 0.251. The van der Waals surface area contributed by atoms with E-state index in [9.17, 15) is 14.9 Å². The second-order valence-corrected chi connectivity index (χ2v) is 6.83. The molecule has 1 aliphatic heterocycles. The standard InChI is InChI=1S/C20H26N6O5/c1-2-31-20(27)15-4-6-16(7-5-15)24-19-17(26(28)29)18(22-14-23-19)21-8-3-9-25-10-12-30-13-11-25/h4-7,14H,2-3,8-13H2,1H3,(H2,21,22,23,24). The molecule has 0 saturated carbocycles. The highest BCUT2D eigenvalue weighted by molar-refractivity contribution is 5.90. The van der Waals surface area contributed by atoms with Crippen LogP contribution in [-0.2, 0) is 9.47 Å². The van der Waals surface area contributed by atoms with E-state index in [0.717, 1.165) is 39.3 Å². The molecule has 1 aromatic carbocycles. The number of carbonyl (C=O) groups excluding carboxylic acids is 1. The molecule has 1 aromatic heterocycles. The third-order valence-electron chi connectivity index (χ3n) is 4.71. The molecule has 1 fully saturated rings. The summed E-state index contributed by atoms with van der Waals surface area (Å²) in [5.74, 6) is -0.196. The normalized spacial score (nSPS) is 14.1. The predicted molar refractivity (Wildman–Crippen MR) is 115 cm³/mol. The van der Waals surface area contributed by atoms with Crippen LogP contribution in [0.3, 0.4) is 0 Å². The first-order valence-corrected chi connectivity index (χ1v) is 10.2. The van der Waals surface area contributed by atoms with Crippen LogP contribution in [0.25, 0.3) is 0 Å². The lowest BCUT2D eigenvalue weighted by molar-refractivity contribution is -0.383. The summed E-state index contributed by atoms with van der Waals surface area (Å²) in [4.78, 5) is 33.3. The zero-order valence-corrected chi connectivity index (χ0v) is 17.4. The van der Waals surface area contributed by atoms with Crippen LogP contribution in [-0.4, -0.2) is 71.8 Å². The highest BCUT2D eigenvalue weighted by Crippen LogP contribution is 2.31. The number of nitro groups is 1. The van der Waals surface area contributed by atoms with Crippen molar-refractivity contribution in [1.82, 2.24) is 14.9 Å². The van der Waals surface area contributed by atoms with Gasteiger partial charge >= 0.3 is 11.7 Å². The van der Waals surface area contributed by atoms with E-state index in [-0.39, 0.29) is 23.9 Å². The van der Waals surface area contributed by atoms with E-state index in [2.05, 4.69) is 25.5 Å². The van der Waals surface area contributed by atoms with Crippen LogP contribution in [0.4, 0.5) is 23.0 Å². The van der Waals surface area contributed by atoms with Crippen LogP contribution in [0.1, 0.15) is 23.7 Å². The number of rotatable bonds is 10. The fourth-order valence-electron chi connectivity index (χ4n) is 3.15. The molecule has 2 heterocycles. The molecule has 166 valence electrons. The first-order valence-electron chi connectivity index (χ1n) is 10.2. The van der Waals surface area contributed by atoms with E-state index in [4.69, 9.17) is 9.47 Å². The van der Waals surface area contributed by atoms with Crippen molar-refractivity contribution in [2.24, 2.45) is 0 Å². The maximum atomic E-state index is 11.8. The summed E-state index contributed by atoms with van der Waals surface area (Å²) in [7, 11) is 0. The SMILES string of the molecule is CCOC(=O)c1ccc(Nc2ncnc(NCCCN3CCOCC3)c2[N+](=O)[O-])cc1. The number of anilines is 3. The topological polar surface area (TPSA) is 132 Å². The molecule has 0 aliphatic carbocycles. The maximum Gasteiger partial charge on any atom is 0.353 e. The molecule has 0 amide bonds. The van der Waals surface area contributed by atoms with Gasteiger partial charge in [-0.25, -0.2) is 14.8 Å². The predicted octanol–water partition coefficient (Wildman–Crippen LogP) is 2.44. The molecule has 0 spiro atoms. The molecule has 0 atom stereocenters. The molecule has 11 heteroatoms. The number of carbonyl (C=O) groups is 1. The van der Waals surface area contributed by atoms with Crippen LogP contribution in [0.5, 0.6) is 0 Å². The minimum Gasteiger partial charge on any atom is -0.462 e. The largest absolute Gasteiger partial charge is 0.462 e. The highest BCUT2D eigenvalue weighted by atomic mass is 16.6. The highest BCUT2D eigenvalue weighted by Gasteiger charge is 2.23. The average molecular weight is 430 g/mol. The lowest BCUT2D eigenvalue weighted by Crippen LogP contribution is -2.37. The second kappa shape index (κ2) is 11.2. The van der Waals surface area contributed by atoms with Gasteiger partial charge in [0, 0.05) is 25.3 Å². The lowest BCUT2D eigenvalue weighted by Gasteiger charge is -2.26. The van der Waals surface area contributed by atoms with Gasteiger partial charge in [0.05, 0.1) is 30.3 Å². The monoisotopic (exact) mass is 430 g/mol. The van der Waals surface area contributed by atoms with E-state index in [1.54, 1.807) is 31.2 Å². The van der Waals surface area contributed by atoms with Gasteiger partial charge in [0.1, 0.15) is 6.33 Å². The molecule has 0 radical (unpaired) electrons. The van der Waals surface area contributed by atoms with Crippen molar-refractivity contribution in [2.75, 3.05) is 56.6 Å². The van der Waals surface area contributed by atoms with Gasteiger partial charge in [0.25, 0.3) is 0 Å². The smallest absolute Gasteiger partial charge is 0.353 e. The Morgan fingerprint density at radius 2 is 1.94 bits per heavy atom. The van der Waals surface area contributed by atoms with Crippen molar-refractivity contribution in [3.63, 3.8) is 0 Å². The van der Waals surface area contributed by atoms with Crippen molar-refractivity contribution < 1.29 is 19.2 Å². The molecule has 2 aromatic rings. The zero-order valence-electron chi connectivity index (χ0n) is 17.4. The molecule has 31 heavy (non-hydrogen) atoms. The van der Waals surface area contributed by atoms with Gasteiger partial charge in [-0.05, 0) is 44.2 Å². The molecule has 11 nitrogen and oxygen atoms in total. The van der Waals surface area contributed by atoms with Crippen LogP contribution in [0.15, 0.2) is 30.6 Å². The Kier molecular flexibility index (Phi) is 8.07. The van der Waals surface area contributed by atoms with E-state index in [0.29, 0.717) is 17.8 Å². The summed E-state index contributed by atoms with van der Waals surface area (Å²) in [5.41, 5.74) is 0.712. The minimum atomic E-state index is -0.514. The van der Waals surface area contributed by atoms with Crippen LogP contribution in [0.2, 0.25) is 0 Å². The summed E-state index contributed by atoms with van der Waals surface area (Å²) in [5, 5.41) is 17.7. The summed E-state index contributed by atoms with van der Waals surface area (Å²) in [6, 6.07) is 6.43. The Labute approximate surface area is 179 Å². The van der Waals surface area contributed by atoms with E-state index < -0.39 is 10.9 Å². The Morgan fingerprint density at radius 3 is 2.61 bits per heavy atom. The molecular weight excluding hydrogens is 404 g/mol. The van der Waals surface area contributed by atoms with Crippen molar-refractivity contribution in [3.05, 3.63) is 46.3 Å². The third kappa shape index (κ3) is 6.33. The van der Waals surface area contributed by atoms with Crippen molar-refractivity contribution >= 4 is 29.0 Å². The molecule has 0 unspecified atom stereocenters. The zero-order chi connectivity index (χ0) is 22.1. The van der Waals surface area contributed by atoms with Gasteiger partial charge < -0.3 is 20.1 Å². The van der Waals surface area contributed by atoms with Gasteiger partial charge in [-0.15, -0.1) is 0 Å². The van der Waals surface area contributed by atoms with Gasteiger partial charge in [-0.2, -0.15) is 0 Å². The molecular formula is C20H26N6O5. The number of ether oxygens (including phenoxy) is 2. The van der Waals surface area contributed by atoms with E-state index >= 15 is 0 Å². The van der Waals surface area contributed by atoms with Crippen molar-refractivity contribution in [3.8, 4) is 0 Å². The average Bonchev–Trinajstić information content (AvgIpc) is 2.78. The van der Waals surface area contributed by atoms with Crippen LogP contribution < -0.4 is 10.6 Å². The Morgan fingerprint density at radius 1 is 1.23 bits per heavy atom. The van der Waals surface area contributed by atoms with Gasteiger partial charge in [-0.1, -0.05) is 0 Å². The molecule has 1 saturated heterocycles. The number of nitrogens with one attached hydrogen (secondary N) is 2. The fraction of sp³-hybridized carbons (Fsp3) is 0.450. The number of benzene rings is 1. The minimum absolute atomic E-state index is 0.0690. The van der Waals surface area contributed by atoms with E-state index in [1.165, 1.54) is 6.33 Å². The number of hydrogen-bond donors (Lipinski definition) is 2. The number of hydrogen-bond acceptors (Lipinski definition) is 10. The maximum absolute atomic E-state index is 11.8. The lowest BCUT2D eigenvalue weighted by atomic mass is 10.2. The van der Waals surface area contributed by atoms with Gasteiger partial charge in [0.2, 0.25) is 11.6 Å². The molecule has 1 aliphatic rings. The summed E-state index contributed by atoms with van der Waals surface area (Å²) < 4.78 is 10.3. The van der Waals surface area contributed by atoms with Gasteiger partial charge in [-0.3, -0.25) is 15.0 Å². The summed E-state index contributed by atoms with van der Waals surface area (Å²) in [6.45, 7) is 6.72. The molecule has 2 N–H and O–H groups in total. The number of aromatic nitrogens is 2. The fourth-order valence-corrected chi connectivity index (χ4v) is 3.15. The molecule has 3 rings (SSSR count). The second-order valence-electron chi connectivity index (χ2n) is 6.83. The Balaban J connectivity index is 1.64. The Bertz CT molecular complexity index is 886. The summed E-state index contributed by atoms with van der Waals surface area (Å²) >= 11 is 0. The number of morpholine rings is 1. The first kappa shape index (κ1) is 22.4. The van der Waals surface area contributed by atoms with Crippen LogP contribution >= 0.6 is 0 Å². The number of nitrogens with zero attached hydrogens (tertiary/aromatic N) is 4. The van der Waals surface area contributed by atoms with Gasteiger partial charge in [0.15, 0.2) is 0 Å². The third-order valence-corrected chi connectivity index (χ3v) is 4.71.